The molecule has 1 saturated carbocycles. The van der Waals surface area contributed by atoms with Crippen LogP contribution in [-0.4, -0.2) is 18.0 Å². The summed E-state index contributed by atoms with van der Waals surface area (Å²) < 4.78 is 12.7. The number of benzene rings is 1. The van der Waals surface area contributed by atoms with E-state index in [4.69, 9.17) is 5.73 Å². The Kier molecular flexibility index (Phi) is 3.19. The largest absolute Gasteiger partial charge is 0.349 e. The number of carbonyl (C=O) groups is 1. The Balaban J connectivity index is 1.95. The van der Waals surface area contributed by atoms with Gasteiger partial charge in [0, 0.05) is 17.6 Å². The summed E-state index contributed by atoms with van der Waals surface area (Å²) in [5, 5.41) is 2.90. The zero-order chi connectivity index (χ0) is 11.5. The molecule has 1 aromatic rings. The van der Waals surface area contributed by atoms with E-state index in [0.717, 1.165) is 19.3 Å². The number of hydrogen-bond acceptors (Lipinski definition) is 2. The molecule has 0 spiro atoms. The van der Waals surface area contributed by atoms with E-state index in [0.29, 0.717) is 5.56 Å². The average Bonchev–Trinajstić information content (AvgIpc) is 2.65. The molecule has 2 rings (SSSR count). The number of nitrogens with one attached hydrogen (secondary N) is 1. The molecule has 0 bridgehead atoms. The topological polar surface area (TPSA) is 55.1 Å². The normalized spacial score (nSPS) is 24.4. The summed E-state index contributed by atoms with van der Waals surface area (Å²) in [6.07, 6.45) is 2.70. The Morgan fingerprint density at radius 1 is 1.31 bits per heavy atom. The Morgan fingerprint density at radius 2 is 2.00 bits per heavy atom. The second-order valence-corrected chi connectivity index (χ2v) is 4.25. The molecule has 0 radical (unpaired) electrons. The lowest BCUT2D eigenvalue weighted by Crippen LogP contribution is -2.34. The maximum atomic E-state index is 12.7. The van der Waals surface area contributed by atoms with Gasteiger partial charge in [-0.15, -0.1) is 0 Å². The second kappa shape index (κ2) is 4.61. The first-order chi connectivity index (χ1) is 7.65. The van der Waals surface area contributed by atoms with Crippen LogP contribution in [0.1, 0.15) is 29.6 Å². The molecule has 0 saturated heterocycles. The van der Waals surface area contributed by atoms with E-state index >= 15 is 0 Å². The standard InChI is InChI=1S/C12H15FN2O/c13-9-3-1-8(2-4-9)12(16)15-11-6-5-10(14)7-11/h1-4,10-11H,5-7,14H2,(H,15,16). The van der Waals surface area contributed by atoms with Crippen LogP contribution in [0.25, 0.3) is 0 Å². The lowest BCUT2D eigenvalue weighted by Gasteiger charge is -2.12. The van der Waals surface area contributed by atoms with Crippen LogP contribution in [-0.2, 0) is 0 Å². The van der Waals surface area contributed by atoms with Crippen molar-refractivity contribution in [3.63, 3.8) is 0 Å². The smallest absolute Gasteiger partial charge is 0.251 e. The van der Waals surface area contributed by atoms with Gasteiger partial charge >= 0.3 is 0 Å². The van der Waals surface area contributed by atoms with Crippen LogP contribution in [0.3, 0.4) is 0 Å². The van der Waals surface area contributed by atoms with Crippen LogP contribution >= 0.6 is 0 Å². The number of amides is 1. The first kappa shape index (κ1) is 11.1. The summed E-state index contributed by atoms with van der Waals surface area (Å²) in [6, 6.07) is 5.90. The molecule has 16 heavy (non-hydrogen) atoms. The highest BCUT2D eigenvalue weighted by atomic mass is 19.1. The summed E-state index contributed by atoms with van der Waals surface area (Å²) in [6.45, 7) is 0. The van der Waals surface area contributed by atoms with Gasteiger partial charge in [-0.2, -0.15) is 0 Å². The van der Waals surface area contributed by atoms with Gasteiger partial charge in [-0.25, -0.2) is 4.39 Å². The lowest BCUT2D eigenvalue weighted by atomic mass is 10.2. The van der Waals surface area contributed by atoms with E-state index in [2.05, 4.69) is 5.32 Å². The Bertz CT molecular complexity index is 377. The van der Waals surface area contributed by atoms with Crippen LogP contribution in [0.4, 0.5) is 4.39 Å². The molecule has 86 valence electrons. The fourth-order valence-electron chi connectivity index (χ4n) is 2.02. The van der Waals surface area contributed by atoms with Crippen molar-refractivity contribution in [1.29, 1.82) is 0 Å². The molecule has 3 nitrogen and oxygen atoms in total. The third kappa shape index (κ3) is 2.58. The fourth-order valence-corrected chi connectivity index (χ4v) is 2.02. The second-order valence-electron chi connectivity index (χ2n) is 4.25. The minimum absolute atomic E-state index is 0.154. The molecule has 1 aromatic carbocycles. The highest BCUT2D eigenvalue weighted by Crippen LogP contribution is 2.17. The monoisotopic (exact) mass is 222 g/mol. The van der Waals surface area contributed by atoms with E-state index in [1.807, 2.05) is 0 Å². The van der Waals surface area contributed by atoms with Gasteiger partial charge in [-0.3, -0.25) is 4.79 Å². The molecule has 1 aliphatic rings. The van der Waals surface area contributed by atoms with Crippen LogP contribution in [0.5, 0.6) is 0 Å². The zero-order valence-corrected chi connectivity index (χ0v) is 8.95. The Hall–Kier alpha value is -1.42. The van der Waals surface area contributed by atoms with Crippen molar-refractivity contribution in [3.05, 3.63) is 35.6 Å². The van der Waals surface area contributed by atoms with Crippen LogP contribution < -0.4 is 11.1 Å². The Morgan fingerprint density at radius 3 is 2.56 bits per heavy atom. The molecule has 3 N–H and O–H groups in total. The minimum Gasteiger partial charge on any atom is -0.349 e. The quantitative estimate of drug-likeness (QED) is 0.795. The zero-order valence-electron chi connectivity index (χ0n) is 8.95. The van der Waals surface area contributed by atoms with Gasteiger partial charge in [0.05, 0.1) is 0 Å². The van der Waals surface area contributed by atoms with Crippen LogP contribution in [0.2, 0.25) is 0 Å². The molecule has 0 heterocycles. The van der Waals surface area contributed by atoms with Crippen molar-refractivity contribution in [1.82, 2.24) is 5.32 Å². The highest BCUT2D eigenvalue weighted by molar-refractivity contribution is 5.94. The highest BCUT2D eigenvalue weighted by Gasteiger charge is 2.23. The van der Waals surface area contributed by atoms with Crippen molar-refractivity contribution in [2.75, 3.05) is 0 Å². The van der Waals surface area contributed by atoms with Crippen LogP contribution in [0, 0.1) is 5.82 Å². The summed E-state index contributed by atoms with van der Waals surface area (Å²) in [5.74, 6) is -0.487. The number of halogens is 1. The molecule has 2 unspecified atom stereocenters. The van der Waals surface area contributed by atoms with E-state index in [1.54, 1.807) is 0 Å². The summed E-state index contributed by atoms with van der Waals surface area (Å²) in [7, 11) is 0. The molecule has 4 heteroatoms. The first-order valence-corrected chi connectivity index (χ1v) is 5.47. The molecule has 2 atom stereocenters. The predicted molar refractivity (Wildman–Crippen MR) is 59.5 cm³/mol. The summed E-state index contributed by atoms with van der Waals surface area (Å²) >= 11 is 0. The molecule has 0 aliphatic heterocycles. The van der Waals surface area contributed by atoms with Gasteiger partial charge in [0.1, 0.15) is 5.82 Å². The number of rotatable bonds is 2. The van der Waals surface area contributed by atoms with Gasteiger partial charge in [0.2, 0.25) is 0 Å². The Labute approximate surface area is 93.8 Å². The van der Waals surface area contributed by atoms with E-state index in [1.165, 1.54) is 24.3 Å². The molecule has 1 amide bonds. The van der Waals surface area contributed by atoms with Gasteiger partial charge in [0.15, 0.2) is 0 Å². The van der Waals surface area contributed by atoms with Crippen molar-refractivity contribution < 1.29 is 9.18 Å². The molecular formula is C12H15FN2O. The van der Waals surface area contributed by atoms with E-state index in [-0.39, 0.29) is 23.8 Å². The minimum atomic E-state index is -0.334. The van der Waals surface area contributed by atoms with Crippen molar-refractivity contribution in [2.45, 2.75) is 31.3 Å². The van der Waals surface area contributed by atoms with Crippen molar-refractivity contribution in [3.8, 4) is 0 Å². The molecule has 1 fully saturated rings. The lowest BCUT2D eigenvalue weighted by molar-refractivity contribution is 0.0937. The van der Waals surface area contributed by atoms with Crippen molar-refractivity contribution in [2.24, 2.45) is 5.73 Å². The van der Waals surface area contributed by atoms with Crippen LogP contribution in [0.15, 0.2) is 24.3 Å². The van der Waals surface area contributed by atoms with Gasteiger partial charge < -0.3 is 11.1 Å². The molecule has 0 aromatic heterocycles. The maximum Gasteiger partial charge on any atom is 0.251 e. The number of hydrogen-bond donors (Lipinski definition) is 2. The maximum absolute atomic E-state index is 12.7. The average molecular weight is 222 g/mol. The predicted octanol–water partition coefficient (Wildman–Crippen LogP) is 1.44. The molecular weight excluding hydrogens is 207 g/mol. The first-order valence-electron chi connectivity index (χ1n) is 5.47. The number of nitrogens with two attached hydrogens (primary N) is 1. The fraction of sp³-hybridized carbons (Fsp3) is 0.417. The SMILES string of the molecule is NC1CCC(NC(=O)c2ccc(F)cc2)C1. The molecule has 1 aliphatic carbocycles. The van der Waals surface area contributed by atoms with E-state index < -0.39 is 0 Å². The summed E-state index contributed by atoms with van der Waals surface area (Å²) in [5.41, 5.74) is 6.25. The number of carbonyl (C=O) groups excluding carboxylic acids is 1. The van der Waals surface area contributed by atoms with Crippen molar-refractivity contribution >= 4 is 5.91 Å². The third-order valence-corrected chi connectivity index (χ3v) is 2.91. The summed E-state index contributed by atoms with van der Waals surface area (Å²) in [4.78, 5) is 11.7. The third-order valence-electron chi connectivity index (χ3n) is 2.91. The van der Waals surface area contributed by atoms with Gasteiger partial charge in [-0.1, -0.05) is 0 Å². The van der Waals surface area contributed by atoms with Gasteiger partial charge in [0.25, 0.3) is 5.91 Å². The van der Waals surface area contributed by atoms with E-state index in [9.17, 15) is 9.18 Å². The van der Waals surface area contributed by atoms with Gasteiger partial charge in [-0.05, 0) is 43.5 Å².